The average molecular weight is 1420 g/mol. The molecule has 0 saturated heterocycles. The lowest BCUT2D eigenvalue weighted by atomic mass is 9.76. The van der Waals surface area contributed by atoms with Gasteiger partial charge in [-0.3, -0.25) is 0 Å². The van der Waals surface area contributed by atoms with E-state index < -0.39 is 22.4 Å². The van der Waals surface area contributed by atoms with Gasteiger partial charge in [0.05, 0.1) is 14.2 Å². The molecule has 0 spiro atoms. The van der Waals surface area contributed by atoms with Gasteiger partial charge in [-0.2, -0.15) is 0 Å². The van der Waals surface area contributed by atoms with Crippen LogP contribution in [-0.2, 0) is 22.4 Å². The number of rotatable bonds is 15. The number of aliphatic hydroxyl groups is 4. The molecule has 14 aromatic rings. The molecular weight excluding hydrogens is 1360 g/mol. The van der Waals surface area contributed by atoms with Gasteiger partial charge in [-0.25, -0.2) is 0 Å². The second kappa shape index (κ2) is 25.7. The first kappa shape index (κ1) is 65.2. The van der Waals surface area contributed by atoms with Crippen molar-refractivity contribution in [1.82, 2.24) is 0 Å². The van der Waals surface area contributed by atoms with Crippen LogP contribution in [0.1, 0.15) is 66.8 Å². The Labute approximate surface area is 594 Å². The Hall–Kier alpha value is -8.12. The molecule has 0 amide bonds. The molecule has 0 saturated carbocycles. The molecule has 4 N–H and O–H groups in total. The molecule has 14 aromatic carbocycles. The summed E-state index contributed by atoms with van der Waals surface area (Å²) in [6, 6.07) is 79.9. The molecule has 0 fully saturated rings. The van der Waals surface area contributed by atoms with Crippen molar-refractivity contribution in [3.05, 3.63) is 374 Å². The van der Waals surface area contributed by atoms with Gasteiger partial charge < -0.3 is 29.9 Å². The number of hydrogen-bond acceptors (Lipinski definition) is 6. The maximum atomic E-state index is 13.9. The molecule has 474 valence electrons. The molecule has 0 atom stereocenters. The Morgan fingerprint density at radius 2 is 0.354 bits per heavy atom. The Kier molecular flexibility index (Phi) is 17.5. The summed E-state index contributed by atoms with van der Waals surface area (Å²) in [5, 5.41) is 64.1. The predicted molar refractivity (Wildman–Crippen MR) is 395 cm³/mol. The molecule has 0 aromatic heterocycles. The number of benzene rings is 14. The van der Waals surface area contributed by atoms with E-state index in [4.69, 9.17) is 102 Å². The van der Waals surface area contributed by atoms with Gasteiger partial charge in [-0.05, 0) is 221 Å². The lowest BCUT2D eigenvalue weighted by Gasteiger charge is -2.33. The zero-order chi connectivity index (χ0) is 67.0. The maximum absolute atomic E-state index is 13.9. The fraction of sp³-hybridized carbons (Fsp3) is 0.0732. The van der Waals surface area contributed by atoms with Crippen molar-refractivity contribution < 1.29 is 29.9 Å². The van der Waals surface area contributed by atoms with Gasteiger partial charge in [0.1, 0.15) is 33.9 Å². The van der Waals surface area contributed by atoms with Crippen LogP contribution in [0.5, 0.6) is 11.5 Å². The van der Waals surface area contributed by atoms with Crippen molar-refractivity contribution in [2.75, 3.05) is 14.2 Å². The minimum atomic E-state index is -1.84. The summed E-state index contributed by atoms with van der Waals surface area (Å²) < 4.78 is 13.4. The van der Waals surface area contributed by atoms with Gasteiger partial charge >= 0.3 is 0 Å². The summed E-state index contributed by atoms with van der Waals surface area (Å²) in [5.74, 6) is 0.906. The first-order valence-electron chi connectivity index (χ1n) is 30.4. The highest BCUT2D eigenvalue weighted by Crippen LogP contribution is 2.55. The van der Waals surface area contributed by atoms with Crippen molar-refractivity contribution >= 4 is 136 Å². The molecule has 0 heterocycles. The molecule has 0 aliphatic carbocycles. The van der Waals surface area contributed by atoms with Crippen LogP contribution in [0.25, 0.3) is 54.2 Å². The first-order valence-corrected chi connectivity index (χ1v) is 33.4. The zero-order valence-corrected chi connectivity index (χ0v) is 57.1. The molecule has 14 rings (SSSR count). The van der Waals surface area contributed by atoms with E-state index in [0.717, 1.165) is 0 Å². The molecule has 96 heavy (non-hydrogen) atoms. The standard InChI is InChI=1S/C82H54Cl8O6/c1-95-77-69-41-21-55(79(91,47-3-23-59(83)24-4-47)48-5-25-60(84)26-6-48)43-71(69)75(67-39-19-57(45-73(67)77)81(93,51-11-31-63(87)32-12-51)52-13-33-64(88)34-14-52)76-68-40-20-58(82(94,53-15-35-65(89)36-16-53)54-17-37-66(90)38-18-54)46-74(68)78(96-2)70-42-22-56(44-72(70)76)80(92,49-7-27-61(85)28-8-49)50-9-29-62(86)30-10-50/h3-46,91-94H,1-2H3. The number of hydrogen-bond donors (Lipinski definition) is 4. The van der Waals surface area contributed by atoms with Crippen LogP contribution in [0.2, 0.25) is 40.2 Å². The Balaban J connectivity index is 1.18. The summed E-state index contributed by atoms with van der Waals surface area (Å²) in [7, 11) is 3.22. The monoisotopic (exact) mass is 1410 g/mol. The number of halogens is 8. The molecular formula is C82H54Cl8O6. The second-order valence-electron chi connectivity index (χ2n) is 23.8. The molecule has 0 radical (unpaired) electrons. The third-order valence-corrected chi connectivity index (χ3v) is 20.6. The van der Waals surface area contributed by atoms with E-state index in [0.29, 0.717) is 173 Å². The van der Waals surface area contributed by atoms with Crippen molar-refractivity contribution in [1.29, 1.82) is 0 Å². The van der Waals surface area contributed by atoms with Crippen LogP contribution >= 0.6 is 92.8 Å². The van der Waals surface area contributed by atoms with Crippen LogP contribution in [0.3, 0.4) is 0 Å². The van der Waals surface area contributed by atoms with E-state index in [1.165, 1.54) is 0 Å². The van der Waals surface area contributed by atoms with Crippen molar-refractivity contribution in [2.45, 2.75) is 22.4 Å². The van der Waals surface area contributed by atoms with Crippen LogP contribution in [0.15, 0.2) is 267 Å². The first-order chi connectivity index (χ1) is 46.2. The third kappa shape index (κ3) is 11.1. The summed E-state index contributed by atoms with van der Waals surface area (Å²) >= 11 is 52.6. The smallest absolute Gasteiger partial charge is 0.140 e. The van der Waals surface area contributed by atoms with Gasteiger partial charge in [0, 0.05) is 61.7 Å². The molecule has 0 unspecified atom stereocenters. The molecule has 0 bridgehead atoms. The second-order valence-corrected chi connectivity index (χ2v) is 27.2. The largest absolute Gasteiger partial charge is 0.495 e. The molecule has 14 heteroatoms. The van der Waals surface area contributed by atoms with Crippen LogP contribution in [-0.4, -0.2) is 34.6 Å². The zero-order valence-electron chi connectivity index (χ0n) is 51.0. The fourth-order valence-corrected chi connectivity index (χ4v) is 14.8. The van der Waals surface area contributed by atoms with Crippen LogP contribution in [0, 0.1) is 0 Å². The van der Waals surface area contributed by atoms with Gasteiger partial charge in [0.25, 0.3) is 0 Å². The van der Waals surface area contributed by atoms with Crippen molar-refractivity contribution in [3.8, 4) is 22.6 Å². The highest BCUT2D eigenvalue weighted by atomic mass is 35.5. The Morgan fingerprint density at radius 3 is 0.531 bits per heavy atom. The van der Waals surface area contributed by atoms with Crippen LogP contribution < -0.4 is 9.47 Å². The summed E-state index contributed by atoms with van der Waals surface area (Å²) in [5.41, 5.74) is 0.135. The van der Waals surface area contributed by atoms with Gasteiger partial charge in [0.15, 0.2) is 0 Å². The average Bonchev–Trinajstić information content (AvgIpc) is 0.700. The quantitative estimate of drug-likeness (QED) is 0.0603. The molecule has 0 aliphatic rings. The van der Waals surface area contributed by atoms with Crippen molar-refractivity contribution in [2.24, 2.45) is 0 Å². The van der Waals surface area contributed by atoms with E-state index in [1.54, 1.807) is 208 Å². The summed E-state index contributed by atoms with van der Waals surface area (Å²) in [4.78, 5) is 0. The summed E-state index contributed by atoms with van der Waals surface area (Å²) in [6.07, 6.45) is 0. The normalized spacial score (nSPS) is 12.3. The van der Waals surface area contributed by atoms with E-state index in [9.17, 15) is 20.4 Å². The highest BCUT2D eigenvalue weighted by molar-refractivity contribution is 6.33. The van der Waals surface area contributed by atoms with E-state index in [2.05, 4.69) is 0 Å². The maximum Gasteiger partial charge on any atom is 0.140 e. The van der Waals surface area contributed by atoms with E-state index in [1.807, 2.05) is 72.8 Å². The van der Waals surface area contributed by atoms with E-state index in [-0.39, 0.29) is 0 Å². The van der Waals surface area contributed by atoms with Gasteiger partial charge in [0.2, 0.25) is 0 Å². The minimum absolute atomic E-state index is 0.453. The highest BCUT2D eigenvalue weighted by Gasteiger charge is 2.40. The van der Waals surface area contributed by atoms with Gasteiger partial charge in [-0.15, -0.1) is 0 Å². The Bertz CT molecular complexity index is 4790. The van der Waals surface area contributed by atoms with Crippen LogP contribution in [0.4, 0.5) is 0 Å². The topological polar surface area (TPSA) is 99.4 Å². The fourth-order valence-electron chi connectivity index (χ4n) is 13.8. The summed E-state index contributed by atoms with van der Waals surface area (Å²) in [6.45, 7) is 0. The van der Waals surface area contributed by atoms with Crippen molar-refractivity contribution in [3.63, 3.8) is 0 Å². The minimum Gasteiger partial charge on any atom is -0.495 e. The molecule has 0 aliphatic heterocycles. The molecule has 6 nitrogen and oxygen atoms in total. The number of fused-ring (bicyclic) bond motifs is 4. The third-order valence-electron chi connectivity index (χ3n) is 18.6. The number of methoxy groups -OCH3 is 2. The SMILES string of the molecule is COc1c2cc(C(O)(c3ccc(Cl)cc3)c3ccc(Cl)cc3)ccc2c(-c2c3ccc(C(O)(c4ccc(Cl)cc4)c4ccc(Cl)cc4)cc3c(OC)c3ccc(C(O)(c4ccc(Cl)cc4)c4ccc(Cl)cc4)cc23)c2cc(C(O)(c3ccc(Cl)cc3)c3ccc(Cl)cc3)ccc12. The Morgan fingerprint density at radius 1 is 0.198 bits per heavy atom. The lowest BCUT2D eigenvalue weighted by Crippen LogP contribution is -2.29. The number of ether oxygens (including phenoxy) is 2. The van der Waals surface area contributed by atoms with Gasteiger partial charge in [-0.1, -0.05) is 238 Å². The lowest BCUT2D eigenvalue weighted by molar-refractivity contribution is 0.125. The predicted octanol–water partition coefficient (Wildman–Crippen LogP) is 22.3. The van der Waals surface area contributed by atoms with E-state index >= 15 is 0 Å².